The van der Waals surface area contributed by atoms with Gasteiger partial charge in [-0.05, 0) is 66.8 Å². The summed E-state index contributed by atoms with van der Waals surface area (Å²) in [6.07, 6.45) is -1.31. The fourth-order valence-corrected chi connectivity index (χ4v) is 5.82. The number of Topliss-reactive ketones (excluding diaryl/α,β-unsaturated/α-hetero) is 1. The van der Waals surface area contributed by atoms with E-state index in [1.54, 1.807) is 18.2 Å². The Bertz CT molecular complexity index is 1460. The van der Waals surface area contributed by atoms with E-state index in [1.165, 1.54) is 14.0 Å². The van der Waals surface area contributed by atoms with E-state index >= 15 is 0 Å². The highest BCUT2D eigenvalue weighted by Gasteiger charge is 2.39. The first-order valence-electron chi connectivity index (χ1n) is 14.0. The Morgan fingerprint density at radius 2 is 1.88 bits per heavy atom. The van der Waals surface area contributed by atoms with Crippen molar-refractivity contribution in [3.63, 3.8) is 0 Å². The molecule has 42 heavy (non-hydrogen) atoms. The number of carbonyl (C=O) groups excluding carboxylic acids is 2. The number of rotatable bonds is 9. The highest BCUT2D eigenvalue weighted by Crippen LogP contribution is 2.40. The van der Waals surface area contributed by atoms with Gasteiger partial charge in [0, 0.05) is 38.3 Å². The number of fused-ring (bicyclic) bond motifs is 1. The molecule has 5 rings (SSSR count). The van der Waals surface area contributed by atoms with Crippen molar-refractivity contribution in [1.82, 2.24) is 15.3 Å². The lowest BCUT2D eigenvalue weighted by Gasteiger charge is -2.23. The molecule has 2 aromatic carbocycles. The van der Waals surface area contributed by atoms with Crippen molar-refractivity contribution >= 4 is 23.3 Å². The number of halogens is 3. The fourth-order valence-electron chi connectivity index (χ4n) is 5.82. The molecule has 2 aliphatic rings. The molecule has 0 bridgehead atoms. The molecule has 1 aliphatic heterocycles. The number of aromatic nitrogens is 2. The fraction of sp³-hybridized carbons (Fsp3) is 0.419. The van der Waals surface area contributed by atoms with Crippen LogP contribution < -0.4 is 15.4 Å². The van der Waals surface area contributed by atoms with Gasteiger partial charge in [-0.1, -0.05) is 24.3 Å². The van der Waals surface area contributed by atoms with Gasteiger partial charge in [-0.25, -0.2) is 9.97 Å². The minimum atomic E-state index is -4.66. The first kappa shape index (κ1) is 29.5. The van der Waals surface area contributed by atoms with Crippen LogP contribution in [0.25, 0.3) is 0 Å². The Kier molecular flexibility index (Phi) is 8.77. The van der Waals surface area contributed by atoms with E-state index in [0.717, 1.165) is 30.2 Å². The normalized spacial score (nSPS) is 18.8. The van der Waals surface area contributed by atoms with Crippen LogP contribution in [-0.2, 0) is 28.5 Å². The van der Waals surface area contributed by atoms with Crippen molar-refractivity contribution in [3.8, 4) is 5.75 Å². The van der Waals surface area contributed by atoms with Crippen molar-refractivity contribution in [3.05, 3.63) is 76.6 Å². The molecule has 8 nitrogen and oxygen atoms in total. The average molecular weight is 583 g/mol. The highest BCUT2D eigenvalue weighted by atomic mass is 19.4. The standard InChI is InChI=1S/C31H33F3N4O4/c1-18(39)36-29-22(14-20-5-3-4-6-23(20)29)15-26-24(31(32,33)34)17-35-30(38-26)37-25-8-7-21(16-28(25)41-2)27(40)13-19-9-11-42-12-10-19/h3-8,16-17,19,22,29H,9-15H2,1-2H3,(H,36,39)(H,35,37,38)/t22-,29-/m0/s1. The van der Waals surface area contributed by atoms with Crippen molar-refractivity contribution in [1.29, 1.82) is 0 Å². The largest absolute Gasteiger partial charge is 0.495 e. The third-order valence-corrected chi connectivity index (χ3v) is 7.92. The monoisotopic (exact) mass is 582 g/mol. The van der Waals surface area contributed by atoms with E-state index in [0.29, 0.717) is 43.1 Å². The Morgan fingerprint density at radius 1 is 1.12 bits per heavy atom. The van der Waals surface area contributed by atoms with Crippen molar-refractivity contribution < 1.29 is 32.2 Å². The minimum Gasteiger partial charge on any atom is -0.495 e. The van der Waals surface area contributed by atoms with Gasteiger partial charge >= 0.3 is 6.18 Å². The number of amides is 1. The van der Waals surface area contributed by atoms with Crippen LogP contribution in [0.2, 0.25) is 0 Å². The van der Waals surface area contributed by atoms with Crippen LogP contribution in [0.3, 0.4) is 0 Å². The topological polar surface area (TPSA) is 102 Å². The quantitative estimate of drug-likeness (QED) is 0.306. The molecule has 1 aromatic heterocycles. The van der Waals surface area contributed by atoms with E-state index in [2.05, 4.69) is 20.6 Å². The number of hydrogen-bond donors (Lipinski definition) is 2. The molecular formula is C31H33F3N4O4. The molecule has 2 atom stereocenters. The van der Waals surface area contributed by atoms with Crippen molar-refractivity contribution in [2.75, 3.05) is 25.6 Å². The van der Waals surface area contributed by atoms with Gasteiger partial charge in [-0.3, -0.25) is 9.59 Å². The van der Waals surface area contributed by atoms with E-state index in [9.17, 15) is 22.8 Å². The third kappa shape index (κ3) is 6.73. The zero-order chi connectivity index (χ0) is 29.9. The number of hydrogen-bond acceptors (Lipinski definition) is 7. The van der Waals surface area contributed by atoms with E-state index in [4.69, 9.17) is 9.47 Å². The summed E-state index contributed by atoms with van der Waals surface area (Å²) in [6, 6.07) is 12.0. The average Bonchev–Trinajstić information content (AvgIpc) is 3.29. The van der Waals surface area contributed by atoms with Crippen LogP contribution in [0.15, 0.2) is 48.7 Å². The zero-order valence-electron chi connectivity index (χ0n) is 23.5. The summed E-state index contributed by atoms with van der Waals surface area (Å²) < 4.78 is 52.9. The van der Waals surface area contributed by atoms with Gasteiger partial charge in [-0.2, -0.15) is 13.2 Å². The van der Waals surface area contributed by atoms with Crippen LogP contribution in [-0.4, -0.2) is 42.0 Å². The smallest absolute Gasteiger partial charge is 0.419 e. The van der Waals surface area contributed by atoms with Crippen molar-refractivity contribution in [2.45, 2.75) is 51.2 Å². The van der Waals surface area contributed by atoms with Crippen LogP contribution >= 0.6 is 0 Å². The predicted octanol–water partition coefficient (Wildman–Crippen LogP) is 5.84. The maximum absolute atomic E-state index is 14.0. The molecule has 11 heteroatoms. The zero-order valence-corrected chi connectivity index (χ0v) is 23.5. The molecule has 222 valence electrons. The summed E-state index contributed by atoms with van der Waals surface area (Å²) in [6.45, 7) is 2.70. The number of nitrogens with one attached hydrogen (secondary N) is 2. The van der Waals surface area contributed by atoms with Gasteiger partial charge in [0.15, 0.2) is 5.78 Å². The van der Waals surface area contributed by atoms with Crippen molar-refractivity contribution in [2.24, 2.45) is 11.8 Å². The lowest BCUT2D eigenvalue weighted by Crippen LogP contribution is -2.31. The molecule has 1 aliphatic carbocycles. The van der Waals surface area contributed by atoms with Gasteiger partial charge in [0.1, 0.15) is 5.75 Å². The molecule has 0 unspecified atom stereocenters. The summed E-state index contributed by atoms with van der Waals surface area (Å²) in [5.41, 5.74) is 1.69. The van der Waals surface area contributed by atoms with Crippen LogP contribution in [0.5, 0.6) is 5.75 Å². The third-order valence-electron chi connectivity index (χ3n) is 7.92. The molecule has 0 radical (unpaired) electrons. The molecule has 2 heterocycles. The summed E-state index contributed by atoms with van der Waals surface area (Å²) in [7, 11) is 1.45. The molecule has 0 spiro atoms. The van der Waals surface area contributed by atoms with Gasteiger partial charge in [0.05, 0.1) is 30.1 Å². The molecule has 2 N–H and O–H groups in total. The molecule has 0 saturated carbocycles. The number of ketones is 1. The van der Waals surface area contributed by atoms with E-state index in [-0.39, 0.29) is 41.6 Å². The lowest BCUT2D eigenvalue weighted by molar-refractivity contribution is -0.138. The highest BCUT2D eigenvalue weighted by molar-refractivity contribution is 5.97. The van der Waals surface area contributed by atoms with E-state index in [1.807, 2.05) is 24.3 Å². The molecule has 1 saturated heterocycles. The van der Waals surface area contributed by atoms with Gasteiger partial charge in [0.25, 0.3) is 0 Å². The Balaban J connectivity index is 1.39. The Hall–Kier alpha value is -3.99. The van der Waals surface area contributed by atoms with Gasteiger partial charge in [-0.15, -0.1) is 0 Å². The number of nitrogens with zero attached hydrogens (tertiary/aromatic N) is 2. The first-order chi connectivity index (χ1) is 20.1. The number of ether oxygens (including phenoxy) is 2. The SMILES string of the molecule is COc1cc(C(=O)CC2CCOCC2)ccc1Nc1ncc(C(F)(F)F)c(C[C@@H]2Cc3ccccc3[C@H]2NC(C)=O)n1. The second kappa shape index (κ2) is 12.5. The number of carbonyl (C=O) groups is 2. The minimum absolute atomic E-state index is 0.00824. The summed E-state index contributed by atoms with van der Waals surface area (Å²) >= 11 is 0. The van der Waals surface area contributed by atoms with Crippen LogP contribution in [0.4, 0.5) is 24.8 Å². The maximum atomic E-state index is 14.0. The molecule has 1 fully saturated rings. The predicted molar refractivity (Wildman–Crippen MR) is 150 cm³/mol. The van der Waals surface area contributed by atoms with Crippen LogP contribution in [0.1, 0.15) is 65.0 Å². The summed E-state index contributed by atoms with van der Waals surface area (Å²) in [5.74, 6) is -0.0210. The first-order valence-corrected chi connectivity index (χ1v) is 14.0. The number of alkyl halides is 3. The summed E-state index contributed by atoms with van der Waals surface area (Å²) in [4.78, 5) is 33.1. The second-order valence-corrected chi connectivity index (χ2v) is 10.8. The number of anilines is 2. The Morgan fingerprint density at radius 3 is 2.60 bits per heavy atom. The number of methoxy groups -OCH3 is 1. The van der Waals surface area contributed by atoms with Crippen LogP contribution in [0, 0.1) is 11.8 Å². The molecular weight excluding hydrogens is 549 g/mol. The second-order valence-electron chi connectivity index (χ2n) is 10.8. The van der Waals surface area contributed by atoms with E-state index < -0.39 is 17.8 Å². The Labute approximate surface area is 242 Å². The molecule has 1 amide bonds. The van der Waals surface area contributed by atoms with Gasteiger partial charge in [0.2, 0.25) is 11.9 Å². The summed E-state index contributed by atoms with van der Waals surface area (Å²) in [5, 5.41) is 5.87. The lowest BCUT2D eigenvalue weighted by atomic mass is 9.92. The maximum Gasteiger partial charge on any atom is 0.419 e. The molecule has 3 aromatic rings. The van der Waals surface area contributed by atoms with Gasteiger partial charge < -0.3 is 20.1 Å². The number of benzene rings is 2.